The van der Waals surface area contributed by atoms with E-state index in [1.54, 1.807) is 23.1 Å². The smallest absolute Gasteiger partial charge is 0.319 e. The van der Waals surface area contributed by atoms with Crippen molar-refractivity contribution in [3.63, 3.8) is 0 Å². The summed E-state index contributed by atoms with van der Waals surface area (Å²) in [4.78, 5) is 29.2. The molecule has 0 fully saturated rings. The standard InChI is InChI=1S/C27H30F2N4O2/c1-18(2)30-27(35)31-24-13-14-25(32(3)4)21(15-24)17-33(16-19-5-9-22(28)10-6-19)26(34)20-7-11-23(29)12-8-20/h5-15,18H,16-17H2,1-4H3,(H2,30,31,35). The molecule has 8 heteroatoms. The van der Waals surface area contributed by atoms with E-state index >= 15 is 0 Å². The molecule has 0 unspecified atom stereocenters. The Labute approximate surface area is 204 Å². The van der Waals surface area contributed by atoms with Gasteiger partial charge in [0, 0.05) is 50.2 Å². The summed E-state index contributed by atoms with van der Waals surface area (Å²) in [6, 6.07) is 16.5. The minimum absolute atomic E-state index is 0.0185. The Morgan fingerprint density at radius 2 is 1.46 bits per heavy atom. The first kappa shape index (κ1) is 25.7. The van der Waals surface area contributed by atoms with Crippen LogP contribution in [0.15, 0.2) is 66.7 Å². The van der Waals surface area contributed by atoms with Crippen LogP contribution in [0.4, 0.5) is 25.0 Å². The van der Waals surface area contributed by atoms with Gasteiger partial charge in [0.2, 0.25) is 0 Å². The van der Waals surface area contributed by atoms with Crippen LogP contribution in [0.25, 0.3) is 0 Å². The lowest BCUT2D eigenvalue weighted by molar-refractivity contribution is 0.0730. The number of hydrogen-bond donors (Lipinski definition) is 2. The van der Waals surface area contributed by atoms with Crippen LogP contribution in [0.5, 0.6) is 0 Å². The van der Waals surface area contributed by atoms with Crippen molar-refractivity contribution < 1.29 is 18.4 Å². The third-order valence-corrected chi connectivity index (χ3v) is 5.27. The van der Waals surface area contributed by atoms with E-state index in [1.165, 1.54) is 36.4 Å². The minimum Gasteiger partial charge on any atom is -0.377 e. The lowest BCUT2D eigenvalue weighted by Crippen LogP contribution is -2.34. The summed E-state index contributed by atoms with van der Waals surface area (Å²) in [5.41, 5.74) is 3.34. The summed E-state index contributed by atoms with van der Waals surface area (Å²) < 4.78 is 26.9. The number of nitrogens with one attached hydrogen (secondary N) is 2. The molecular formula is C27H30F2N4O2. The van der Waals surface area contributed by atoms with Gasteiger partial charge in [-0.2, -0.15) is 0 Å². The molecule has 0 aromatic heterocycles. The first-order chi connectivity index (χ1) is 16.6. The molecule has 2 N–H and O–H groups in total. The quantitative estimate of drug-likeness (QED) is 0.454. The summed E-state index contributed by atoms with van der Waals surface area (Å²) in [7, 11) is 3.78. The van der Waals surface area contributed by atoms with Crippen LogP contribution in [0.2, 0.25) is 0 Å². The van der Waals surface area contributed by atoms with Gasteiger partial charge in [-0.05, 0) is 79.6 Å². The van der Waals surface area contributed by atoms with Gasteiger partial charge in [-0.3, -0.25) is 4.79 Å². The molecule has 0 spiro atoms. The van der Waals surface area contributed by atoms with Crippen LogP contribution >= 0.6 is 0 Å². The van der Waals surface area contributed by atoms with Gasteiger partial charge >= 0.3 is 6.03 Å². The third-order valence-electron chi connectivity index (χ3n) is 5.27. The van der Waals surface area contributed by atoms with E-state index in [4.69, 9.17) is 0 Å². The van der Waals surface area contributed by atoms with Gasteiger partial charge in [-0.1, -0.05) is 12.1 Å². The molecule has 3 rings (SSSR count). The number of amides is 3. The molecule has 0 saturated heterocycles. The van der Waals surface area contributed by atoms with E-state index < -0.39 is 5.82 Å². The molecular weight excluding hydrogens is 450 g/mol. The van der Waals surface area contributed by atoms with Crippen LogP contribution in [0.1, 0.15) is 35.3 Å². The Bertz CT molecular complexity index is 1160. The summed E-state index contributed by atoms with van der Waals surface area (Å²) in [6.45, 7) is 4.17. The van der Waals surface area contributed by atoms with Gasteiger partial charge in [0.05, 0.1) is 0 Å². The highest BCUT2D eigenvalue weighted by Crippen LogP contribution is 2.26. The second-order valence-corrected chi connectivity index (χ2v) is 8.79. The molecule has 184 valence electrons. The number of nitrogens with zero attached hydrogens (tertiary/aromatic N) is 2. The highest BCUT2D eigenvalue weighted by molar-refractivity contribution is 5.94. The molecule has 6 nitrogen and oxygen atoms in total. The molecule has 0 radical (unpaired) electrons. The minimum atomic E-state index is -0.431. The maximum absolute atomic E-state index is 13.4. The monoisotopic (exact) mass is 480 g/mol. The maximum atomic E-state index is 13.4. The summed E-state index contributed by atoms with van der Waals surface area (Å²) in [5, 5.41) is 5.60. The van der Waals surface area contributed by atoms with Crippen molar-refractivity contribution >= 4 is 23.3 Å². The van der Waals surface area contributed by atoms with Crippen molar-refractivity contribution in [1.82, 2.24) is 10.2 Å². The molecule has 0 heterocycles. The SMILES string of the molecule is CC(C)NC(=O)Nc1ccc(N(C)C)c(CN(Cc2ccc(F)cc2)C(=O)c2ccc(F)cc2)c1. The lowest BCUT2D eigenvalue weighted by atomic mass is 10.1. The van der Waals surface area contributed by atoms with Crippen molar-refractivity contribution in [2.24, 2.45) is 0 Å². The molecule has 3 amide bonds. The Morgan fingerprint density at radius 3 is 2.03 bits per heavy atom. The summed E-state index contributed by atoms with van der Waals surface area (Å²) >= 11 is 0. The molecule has 3 aromatic carbocycles. The Morgan fingerprint density at radius 1 is 0.857 bits per heavy atom. The van der Waals surface area contributed by atoms with E-state index in [0.29, 0.717) is 11.3 Å². The van der Waals surface area contributed by atoms with Gasteiger partial charge in [-0.25, -0.2) is 13.6 Å². The van der Waals surface area contributed by atoms with E-state index in [1.807, 2.05) is 45.0 Å². The highest BCUT2D eigenvalue weighted by atomic mass is 19.1. The third kappa shape index (κ3) is 7.27. The highest BCUT2D eigenvalue weighted by Gasteiger charge is 2.20. The zero-order valence-corrected chi connectivity index (χ0v) is 20.3. The molecule has 0 aliphatic rings. The number of halogens is 2. The Kier molecular flexibility index (Phi) is 8.41. The Balaban J connectivity index is 1.95. The first-order valence-corrected chi connectivity index (χ1v) is 11.3. The van der Waals surface area contributed by atoms with Gasteiger partial charge in [0.25, 0.3) is 5.91 Å². The molecule has 35 heavy (non-hydrogen) atoms. The fraction of sp³-hybridized carbons (Fsp3) is 0.259. The van der Waals surface area contributed by atoms with Gasteiger partial charge in [0.15, 0.2) is 0 Å². The average Bonchev–Trinajstić information content (AvgIpc) is 2.79. The van der Waals surface area contributed by atoms with Crippen LogP contribution in [0.3, 0.4) is 0 Å². The van der Waals surface area contributed by atoms with Crippen LogP contribution in [0, 0.1) is 11.6 Å². The molecule has 0 aliphatic carbocycles. The number of rotatable bonds is 8. The molecule has 0 aliphatic heterocycles. The van der Waals surface area contributed by atoms with Crippen LogP contribution in [-0.2, 0) is 13.1 Å². The normalized spacial score (nSPS) is 10.7. The molecule has 0 bridgehead atoms. The number of hydrogen-bond acceptors (Lipinski definition) is 3. The van der Waals surface area contributed by atoms with Crippen molar-refractivity contribution in [3.05, 3.63) is 95.1 Å². The number of carbonyl (C=O) groups excluding carboxylic acids is 2. The van der Waals surface area contributed by atoms with Crippen molar-refractivity contribution in [1.29, 1.82) is 0 Å². The molecule has 0 saturated carbocycles. The summed E-state index contributed by atoms with van der Waals surface area (Å²) in [6.07, 6.45) is 0. The van der Waals surface area contributed by atoms with Crippen LogP contribution in [-0.4, -0.2) is 37.0 Å². The topological polar surface area (TPSA) is 64.7 Å². The maximum Gasteiger partial charge on any atom is 0.319 e. The zero-order chi connectivity index (χ0) is 25.5. The average molecular weight is 481 g/mol. The van der Waals surface area contributed by atoms with Crippen molar-refractivity contribution in [3.8, 4) is 0 Å². The number of benzene rings is 3. The second-order valence-electron chi connectivity index (χ2n) is 8.79. The van der Waals surface area contributed by atoms with Crippen LogP contribution < -0.4 is 15.5 Å². The second kappa shape index (κ2) is 11.5. The predicted molar refractivity (Wildman–Crippen MR) is 134 cm³/mol. The number of carbonyl (C=O) groups is 2. The zero-order valence-electron chi connectivity index (χ0n) is 20.3. The largest absolute Gasteiger partial charge is 0.377 e. The number of urea groups is 1. The first-order valence-electron chi connectivity index (χ1n) is 11.3. The van der Waals surface area contributed by atoms with E-state index in [2.05, 4.69) is 10.6 Å². The molecule has 3 aromatic rings. The van der Waals surface area contributed by atoms with Gasteiger partial charge < -0.3 is 20.4 Å². The number of anilines is 2. The fourth-order valence-corrected chi connectivity index (χ4v) is 3.65. The van der Waals surface area contributed by atoms with E-state index in [0.717, 1.165) is 16.8 Å². The molecule has 0 atom stereocenters. The van der Waals surface area contributed by atoms with E-state index in [9.17, 15) is 18.4 Å². The van der Waals surface area contributed by atoms with Crippen molar-refractivity contribution in [2.45, 2.75) is 33.0 Å². The van der Waals surface area contributed by atoms with Gasteiger partial charge in [0.1, 0.15) is 11.6 Å². The summed E-state index contributed by atoms with van der Waals surface area (Å²) in [5.74, 6) is -1.09. The van der Waals surface area contributed by atoms with Crippen molar-refractivity contribution in [2.75, 3.05) is 24.3 Å². The lowest BCUT2D eigenvalue weighted by Gasteiger charge is -2.27. The predicted octanol–water partition coefficient (Wildman–Crippen LogP) is 5.40. The Hall–Kier alpha value is -3.94. The van der Waals surface area contributed by atoms with Gasteiger partial charge in [-0.15, -0.1) is 0 Å². The van der Waals surface area contributed by atoms with E-state index in [-0.39, 0.29) is 36.9 Å². The fourth-order valence-electron chi connectivity index (χ4n) is 3.65.